The number of piperidine rings is 1. The molecule has 4 rings (SSSR count). The maximum absolute atomic E-state index is 13.4. The third-order valence-corrected chi connectivity index (χ3v) is 7.78. The molecule has 0 bridgehead atoms. The Labute approximate surface area is 214 Å². The maximum Gasteiger partial charge on any atom is 0.320 e. The Bertz CT molecular complexity index is 1130. The SMILES string of the molecule is CN(c1ccc(Cl)s1)c1c(C#N)c(C2CCN(C(=O)N3CCOCC3)CC2)nn1C(=O)C(C)(C)C. The minimum atomic E-state index is -0.688. The van der Waals surface area contributed by atoms with Gasteiger partial charge in [0, 0.05) is 44.6 Å². The van der Waals surface area contributed by atoms with Gasteiger partial charge in [-0.05, 0) is 25.0 Å². The molecule has 0 atom stereocenters. The fraction of sp³-hybridized carbons (Fsp3) is 0.583. The lowest BCUT2D eigenvalue weighted by Gasteiger charge is -2.36. The fourth-order valence-corrected chi connectivity index (χ4v) is 5.47. The van der Waals surface area contributed by atoms with Gasteiger partial charge in [-0.25, -0.2) is 4.79 Å². The molecule has 0 aliphatic carbocycles. The number of likely N-dealkylation sites (tertiary alicyclic amines) is 1. The number of hydrogen-bond donors (Lipinski definition) is 0. The molecule has 2 aliphatic heterocycles. The first-order valence-corrected chi connectivity index (χ1v) is 13.0. The molecular formula is C24H31ClN6O3S. The number of carbonyl (C=O) groups is 2. The summed E-state index contributed by atoms with van der Waals surface area (Å²) in [6, 6.07) is 6.01. The van der Waals surface area contributed by atoms with Crippen LogP contribution in [0.4, 0.5) is 15.6 Å². The van der Waals surface area contributed by atoms with Crippen LogP contribution in [0.2, 0.25) is 4.34 Å². The summed E-state index contributed by atoms with van der Waals surface area (Å²) in [6.45, 7) is 9.03. The lowest BCUT2D eigenvalue weighted by Crippen LogP contribution is -2.50. The van der Waals surface area contributed by atoms with Crippen LogP contribution in [0.1, 0.15) is 55.6 Å². The van der Waals surface area contributed by atoms with E-state index in [1.165, 1.54) is 16.0 Å². The number of aromatic nitrogens is 2. The Kier molecular flexibility index (Phi) is 7.40. The topological polar surface area (TPSA) is 94.7 Å². The number of urea groups is 1. The predicted molar refractivity (Wildman–Crippen MR) is 136 cm³/mol. The summed E-state index contributed by atoms with van der Waals surface area (Å²) < 4.78 is 7.36. The number of hydrogen-bond acceptors (Lipinski definition) is 7. The molecule has 4 heterocycles. The van der Waals surface area contributed by atoms with E-state index in [0.717, 1.165) is 5.00 Å². The van der Waals surface area contributed by atoms with Crippen molar-refractivity contribution in [3.63, 3.8) is 0 Å². The van der Waals surface area contributed by atoms with Crippen LogP contribution in [0.5, 0.6) is 0 Å². The lowest BCUT2D eigenvalue weighted by atomic mass is 9.91. The molecule has 0 aromatic carbocycles. The number of nitrogens with zero attached hydrogens (tertiary/aromatic N) is 6. The van der Waals surface area contributed by atoms with Gasteiger partial charge in [0.1, 0.15) is 11.6 Å². The van der Waals surface area contributed by atoms with Crippen LogP contribution in [0, 0.1) is 16.7 Å². The number of halogens is 1. The Morgan fingerprint density at radius 3 is 2.34 bits per heavy atom. The van der Waals surface area contributed by atoms with Crippen molar-refractivity contribution in [1.82, 2.24) is 19.6 Å². The molecule has 2 saturated heterocycles. The Morgan fingerprint density at radius 1 is 1.17 bits per heavy atom. The van der Waals surface area contributed by atoms with Gasteiger partial charge in [-0.3, -0.25) is 4.79 Å². The monoisotopic (exact) mass is 518 g/mol. The Hall–Kier alpha value is -2.61. The first-order valence-electron chi connectivity index (χ1n) is 11.8. The average molecular weight is 519 g/mol. The van der Waals surface area contributed by atoms with E-state index in [0.29, 0.717) is 73.6 Å². The van der Waals surface area contributed by atoms with E-state index < -0.39 is 5.41 Å². The zero-order valence-corrected chi connectivity index (χ0v) is 22.2. The molecule has 0 saturated carbocycles. The summed E-state index contributed by atoms with van der Waals surface area (Å²) in [5.74, 6) is 0.240. The second-order valence-electron chi connectivity index (χ2n) is 9.94. The van der Waals surface area contributed by atoms with Crippen LogP contribution in [0.15, 0.2) is 12.1 Å². The van der Waals surface area contributed by atoms with E-state index in [9.17, 15) is 14.9 Å². The molecule has 0 radical (unpaired) electrons. The average Bonchev–Trinajstić information content (AvgIpc) is 3.46. The highest BCUT2D eigenvalue weighted by Gasteiger charge is 2.36. The third-order valence-electron chi connectivity index (χ3n) is 6.47. The number of anilines is 2. The molecule has 0 spiro atoms. The largest absolute Gasteiger partial charge is 0.378 e. The van der Waals surface area contributed by atoms with Gasteiger partial charge in [-0.15, -0.1) is 11.3 Å². The van der Waals surface area contributed by atoms with Gasteiger partial charge in [0.15, 0.2) is 5.82 Å². The smallest absolute Gasteiger partial charge is 0.320 e. The van der Waals surface area contributed by atoms with E-state index >= 15 is 0 Å². The van der Waals surface area contributed by atoms with Gasteiger partial charge in [0.25, 0.3) is 5.91 Å². The van der Waals surface area contributed by atoms with Crippen molar-refractivity contribution in [2.45, 2.75) is 39.5 Å². The Morgan fingerprint density at radius 2 is 1.80 bits per heavy atom. The van der Waals surface area contributed by atoms with Crippen LogP contribution in [0.25, 0.3) is 0 Å². The first-order chi connectivity index (χ1) is 16.6. The number of morpholine rings is 1. The van der Waals surface area contributed by atoms with Crippen molar-refractivity contribution in [1.29, 1.82) is 5.26 Å². The van der Waals surface area contributed by atoms with Gasteiger partial charge in [-0.2, -0.15) is 15.0 Å². The van der Waals surface area contributed by atoms with Crippen LogP contribution in [-0.2, 0) is 4.74 Å². The van der Waals surface area contributed by atoms with Crippen LogP contribution >= 0.6 is 22.9 Å². The number of carbonyl (C=O) groups excluding carboxylic acids is 2. The van der Waals surface area contributed by atoms with Crippen molar-refractivity contribution in [3.8, 4) is 6.07 Å². The van der Waals surface area contributed by atoms with Crippen LogP contribution in [0.3, 0.4) is 0 Å². The van der Waals surface area contributed by atoms with Crippen molar-refractivity contribution in [2.75, 3.05) is 51.3 Å². The second-order valence-corrected chi connectivity index (χ2v) is 11.6. The molecule has 0 N–H and O–H groups in total. The molecule has 2 fully saturated rings. The summed E-state index contributed by atoms with van der Waals surface area (Å²) >= 11 is 7.53. The maximum atomic E-state index is 13.4. The highest BCUT2D eigenvalue weighted by molar-refractivity contribution is 7.20. The molecule has 0 unspecified atom stereocenters. The van der Waals surface area contributed by atoms with Crippen LogP contribution in [-0.4, -0.2) is 78.0 Å². The number of rotatable bonds is 3. The molecular weight excluding hydrogens is 488 g/mol. The van der Waals surface area contributed by atoms with E-state index in [2.05, 4.69) is 6.07 Å². The van der Waals surface area contributed by atoms with Gasteiger partial charge in [0.2, 0.25) is 0 Å². The minimum Gasteiger partial charge on any atom is -0.378 e. The molecule has 2 aliphatic rings. The molecule has 35 heavy (non-hydrogen) atoms. The van der Waals surface area contributed by atoms with E-state index in [-0.39, 0.29) is 17.9 Å². The van der Waals surface area contributed by atoms with E-state index in [1.54, 1.807) is 6.07 Å². The first kappa shape index (κ1) is 25.5. The van der Waals surface area contributed by atoms with Crippen molar-refractivity contribution in [3.05, 3.63) is 27.7 Å². The van der Waals surface area contributed by atoms with Gasteiger partial charge in [-0.1, -0.05) is 32.4 Å². The predicted octanol–water partition coefficient (Wildman–Crippen LogP) is 4.56. The van der Waals surface area contributed by atoms with Crippen molar-refractivity contribution < 1.29 is 14.3 Å². The summed E-state index contributed by atoms with van der Waals surface area (Å²) in [6.07, 6.45) is 1.36. The fourth-order valence-electron chi connectivity index (χ4n) is 4.48. The zero-order valence-electron chi connectivity index (χ0n) is 20.6. The molecule has 9 nitrogen and oxygen atoms in total. The summed E-state index contributed by atoms with van der Waals surface area (Å²) in [5, 5.41) is 15.7. The third kappa shape index (κ3) is 5.17. The number of amides is 2. The van der Waals surface area contributed by atoms with Crippen molar-refractivity contribution >= 4 is 45.7 Å². The van der Waals surface area contributed by atoms with Gasteiger partial charge < -0.3 is 19.4 Å². The molecule has 2 aromatic rings. The Balaban J connectivity index is 1.63. The van der Waals surface area contributed by atoms with E-state index in [4.69, 9.17) is 21.4 Å². The van der Waals surface area contributed by atoms with Crippen molar-refractivity contribution in [2.24, 2.45) is 5.41 Å². The summed E-state index contributed by atoms with van der Waals surface area (Å²) in [5.41, 5.74) is 0.327. The van der Waals surface area contributed by atoms with E-state index in [1.807, 2.05) is 48.6 Å². The molecule has 2 amide bonds. The molecule has 188 valence electrons. The summed E-state index contributed by atoms with van der Waals surface area (Å²) in [7, 11) is 1.82. The van der Waals surface area contributed by atoms with Gasteiger partial charge in [0.05, 0.1) is 28.2 Å². The second kappa shape index (κ2) is 10.2. The highest BCUT2D eigenvalue weighted by atomic mass is 35.5. The minimum absolute atomic E-state index is 0.0218. The number of thiophene rings is 1. The molecule has 11 heteroatoms. The number of ether oxygens (including phenoxy) is 1. The standard InChI is InChI=1S/C24H31ClN6O3S/c1-24(2,3)22(32)31-21(28(4)19-6-5-18(25)35-19)17(15-26)20(27-31)16-7-9-29(10-8-16)23(33)30-11-13-34-14-12-30/h5-6,16H,7-14H2,1-4H3. The van der Waals surface area contributed by atoms with Gasteiger partial charge >= 0.3 is 6.03 Å². The normalized spacial score (nSPS) is 17.4. The molecule has 2 aromatic heterocycles. The summed E-state index contributed by atoms with van der Waals surface area (Å²) in [4.78, 5) is 31.8. The number of nitriles is 1. The highest BCUT2D eigenvalue weighted by Crippen LogP contribution is 2.40. The quantitative estimate of drug-likeness (QED) is 0.591. The van der Waals surface area contributed by atoms with Crippen LogP contribution < -0.4 is 4.90 Å². The zero-order chi connectivity index (χ0) is 25.3. The lowest BCUT2D eigenvalue weighted by molar-refractivity contribution is 0.0411.